The molecule has 0 bridgehead atoms. The molecule has 1 amide bonds. The fraction of sp³-hybridized carbons (Fsp3) is 0.318. The van der Waals surface area contributed by atoms with Gasteiger partial charge in [0.1, 0.15) is 6.04 Å². The van der Waals surface area contributed by atoms with Crippen LogP contribution in [0.15, 0.2) is 65.9 Å². The van der Waals surface area contributed by atoms with E-state index in [2.05, 4.69) is 27.4 Å². The second kappa shape index (κ2) is 9.62. The van der Waals surface area contributed by atoms with Gasteiger partial charge in [0, 0.05) is 35.6 Å². The zero-order valence-corrected chi connectivity index (χ0v) is 16.5. The summed E-state index contributed by atoms with van der Waals surface area (Å²) in [6, 6.07) is 10.7. The van der Waals surface area contributed by atoms with Crippen LogP contribution in [0.1, 0.15) is 30.0 Å². The van der Waals surface area contributed by atoms with E-state index < -0.39 is 11.9 Å². The lowest BCUT2D eigenvalue weighted by atomic mass is 9.78. The first-order valence-corrected chi connectivity index (χ1v) is 9.81. The molecule has 0 spiro atoms. The predicted molar refractivity (Wildman–Crippen MR) is 113 cm³/mol. The van der Waals surface area contributed by atoms with Gasteiger partial charge in [0.25, 0.3) is 0 Å². The Kier molecular flexibility index (Phi) is 6.95. The highest BCUT2D eigenvalue weighted by atomic mass is 35.5. The number of aromatic nitrogens is 1. The molecule has 2 aromatic rings. The maximum Gasteiger partial charge on any atom is 0.239 e. The van der Waals surface area contributed by atoms with Gasteiger partial charge in [-0.05, 0) is 55.1 Å². The summed E-state index contributed by atoms with van der Waals surface area (Å²) in [5, 5.41) is 3.82. The Hall–Kier alpha value is -2.50. The highest BCUT2D eigenvalue weighted by Gasteiger charge is 2.29. The number of rotatable bonds is 9. The second-order valence-electron chi connectivity index (χ2n) is 7.13. The summed E-state index contributed by atoms with van der Waals surface area (Å²) in [6.45, 7) is 1.37. The number of allylic oxidation sites excluding steroid dienone is 1. The summed E-state index contributed by atoms with van der Waals surface area (Å²) >= 11 is 6.25. The Morgan fingerprint density at radius 2 is 2.11 bits per heavy atom. The van der Waals surface area contributed by atoms with Crippen molar-refractivity contribution in [3.63, 3.8) is 0 Å². The highest BCUT2D eigenvalue weighted by molar-refractivity contribution is 6.31. The van der Waals surface area contributed by atoms with Gasteiger partial charge in [-0.1, -0.05) is 41.9 Å². The van der Waals surface area contributed by atoms with Crippen molar-refractivity contribution >= 4 is 23.7 Å². The minimum atomic E-state index is -0.611. The van der Waals surface area contributed by atoms with Gasteiger partial charge in [-0.25, -0.2) is 0 Å². The van der Waals surface area contributed by atoms with Crippen molar-refractivity contribution in [3.05, 3.63) is 77.1 Å². The van der Waals surface area contributed by atoms with Gasteiger partial charge >= 0.3 is 0 Å². The Bertz CT molecular complexity index is 853. The van der Waals surface area contributed by atoms with Gasteiger partial charge < -0.3 is 11.1 Å². The number of benzene rings is 1. The number of carbonyl (C=O) groups is 1. The summed E-state index contributed by atoms with van der Waals surface area (Å²) in [5.74, 6) is -0.435. The SMILES string of the molecule is NC(=O)C(NCCC1(CCc2cccnc2)C=CC=NC1)c1ccccc1Cl. The molecule has 0 fully saturated rings. The normalized spacial score (nSPS) is 19.5. The molecule has 5 nitrogen and oxygen atoms in total. The van der Waals surface area contributed by atoms with Crippen molar-refractivity contribution in [2.75, 3.05) is 13.1 Å². The molecule has 1 aliphatic heterocycles. The van der Waals surface area contributed by atoms with E-state index in [-0.39, 0.29) is 5.41 Å². The summed E-state index contributed by atoms with van der Waals surface area (Å²) in [6.07, 6.45) is 12.5. The number of hydrogen-bond acceptors (Lipinski definition) is 4. The lowest BCUT2D eigenvalue weighted by Gasteiger charge is -2.31. The molecule has 6 heteroatoms. The van der Waals surface area contributed by atoms with Gasteiger partial charge in [0.15, 0.2) is 0 Å². The van der Waals surface area contributed by atoms with Crippen LogP contribution in [0.4, 0.5) is 0 Å². The molecule has 1 aromatic heterocycles. The van der Waals surface area contributed by atoms with Gasteiger partial charge in [-0.3, -0.25) is 14.8 Å². The molecule has 2 heterocycles. The monoisotopic (exact) mass is 396 g/mol. The number of carbonyl (C=O) groups excluding carboxylic acids is 1. The van der Waals surface area contributed by atoms with Gasteiger partial charge in [-0.15, -0.1) is 0 Å². The maximum absolute atomic E-state index is 12.0. The van der Waals surface area contributed by atoms with Crippen LogP contribution >= 0.6 is 11.6 Å². The second-order valence-corrected chi connectivity index (χ2v) is 7.54. The van der Waals surface area contributed by atoms with Gasteiger partial charge in [-0.2, -0.15) is 0 Å². The van der Waals surface area contributed by atoms with Crippen molar-refractivity contribution in [1.82, 2.24) is 10.3 Å². The summed E-state index contributed by atoms with van der Waals surface area (Å²) in [7, 11) is 0. The number of amides is 1. The fourth-order valence-corrected chi connectivity index (χ4v) is 3.77. The van der Waals surface area contributed by atoms with Crippen molar-refractivity contribution in [2.45, 2.75) is 25.3 Å². The number of nitrogens with one attached hydrogen (secondary N) is 1. The van der Waals surface area contributed by atoms with E-state index in [1.54, 1.807) is 12.3 Å². The third kappa shape index (κ3) is 5.27. The quantitative estimate of drug-likeness (QED) is 0.680. The molecule has 0 saturated carbocycles. The number of primary amides is 1. The van der Waals surface area contributed by atoms with E-state index in [0.29, 0.717) is 17.1 Å². The van der Waals surface area contributed by atoms with Crippen molar-refractivity contribution in [3.8, 4) is 0 Å². The predicted octanol–water partition coefficient (Wildman–Crippen LogP) is 3.50. The van der Waals surface area contributed by atoms with Crippen LogP contribution in [0.3, 0.4) is 0 Å². The fourth-order valence-electron chi connectivity index (χ4n) is 3.52. The van der Waals surface area contributed by atoms with Crippen LogP contribution < -0.4 is 11.1 Å². The largest absolute Gasteiger partial charge is 0.368 e. The maximum atomic E-state index is 12.0. The Labute approximate surface area is 170 Å². The molecule has 2 atom stereocenters. The molecule has 28 heavy (non-hydrogen) atoms. The first-order valence-electron chi connectivity index (χ1n) is 9.43. The third-order valence-electron chi connectivity index (χ3n) is 5.15. The Morgan fingerprint density at radius 3 is 2.79 bits per heavy atom. The Morgan fingerprint density at radius 1 is 1.25 bits per heavy atom. The van der Waals surface area contributed by atoms with Crippen LogP contribution in [0.2, 0.25) is 5.02 Å². The molecule has 0 saturated heterocycles. The molecule has 3 rings (SSSR count). The third-order valence-corrected chi connectivity index (χ3v) is 5.50. The summed E-state index contributed by atoms with van der Waals surface area (Å²) < 4.78 is 0. The van der Waals surface area contributed by atoms with E-state index in [1.807, 2.05) is 42.8 Å². The number of halogens is 1. The first kappa shape index (κ1) is 20.2. The number of nitrogens with zero attached hydrogens (tertiary/aromatic N) is 2. The lowest BCUT2D eigenvalue weighted by molar-refractivity contribution is -0.120. The summed E-state index contributed by atoms with van der Waals surface area (Å²) in [5.41, 5.74) is 7.48. The average molecular weight is 397 g/mol. The van der Waals surface area contributed by atoms with Crippen LogP contribution in [0.5, 0.6) is 0 Å². The van der Waals surface area contributed by atoms with Crippen molar-refractivity contribution in [1.29, 1.82) is 0 Å². The standard InChI is InChI=1S/C22H25ClN4O/c23-19-7-2-1-6-18(19)20(21(24)28)27-14-11-22(9-4-13-26-16-22)10-8-17-5-3-12-25-15-17/h1-7,9,12-13,15,20,27H,8,10-11,14,16H2,(H2,24,28). The lowest BCUT2D eigenvalue weighted by Crippen LogP contribution is -2.37. The molecular formula is C22H25ClN4O. The highest BCUT2D eigenvalue weighted by Crippen LogP contribution is 2.32. The minimum Gasteiger partial charge on any atom is -0.368 e. The van der Waals surface area contributed by atoms with Crippen molar-refractivity contribution in [2.24, 2.45) is 16.1 Å². The van der Waals surface area contributed by atoms with E-state index in [4.69, 9.17) is 17.3 Å². The van der Waals surface area contributed by atoms with E-state index in [9.17, 15) is 4.79 Å². The topological polar surface area (TPSA) is 80.4 Å². The number of nitrogens with two attached hydrogens (primary N) is 1. The smallest absolute Gasteiger partial charge is 0.239 e. The minimum absolute atomic E-state index is 0.0553. The van der Waals surface area contributed by atoms with E-state index >= 15 is 0 Å². The molecule has 1 aliphatic rings. The van der Waals surface area contributed by atoms with Gasteiger partial charge in [0.05, 0.1) is 0 Å². The van der Waals surface area contributed by atoms with Crippen LogP contribution in [-0.4, -0.2) is 30.2 Å². The first-order chi connectivity index (χ1) is 13.6. The Balaban J connectivity index is 1.64. The van der Waals surface area contributed by atoms with Crippen molar-refractivity contribution < 1.29 is 4.79 Å². The molecule has 3 N–H and O–H groups in total. The number of aliphatic imine (C=N–C) groups is 1. The molecule has 0 aliphatic carbocycles. The number of aryl methyl sites for hydroxylation is 1. The average Bonchev–Trinajstić information content (AvgIpc) is 2.72. The molecule has 1 aromatic carbocycles. The number of pyridine rings is 1. The zero-order chi connectivity index (χ0) is 19.8. The zero-order valence-electron chi connectivity index (χ0n) is 15.7. The van der Waals surface area contributed by atoms with Crippen LogP contribution in [0, 0.1) is 5.41 Å². The summed E-state index contributed by atoms with van der Waals surface area (Å²) in [4.78, 5) is 20.7. The van der Waals surface area contributed by atoms with E-state index in [1.165, 1.54) is 5.56 Å². The van der Waals surface area contributed by atoms with Gasteiger partial charge in [0.2, 0.25) is 5.91 Å². The molecule has 2 unspecified atom stereocenters. The number of hydrogen-bond donors (Lipinski definition) is 2. The van der Waals surface area contributed by atoms with Crippen LogP contribution in [0.25, 0.3) is 0 Å². The molecule has 146 valence electrons. The van der Waals surface area contributed by atoms with Crippen LogP contribution in [-0.2, 0) is 11.2 Å². The van der Waals surface area contributed by atoms with E-state index in [0.717, 1.165) is 25.8 Å². The molecule has 0 radical (unpaired) electrons. The number of dihydropyridines is 1. The molecular weight excluding hydrogens is 372 g/mol.